The molecule has 6 nitrogen and oxygen atoms in total. The first-order valence-electron chi connectivity index (χ1n) is 9.94. The minimum atomic E-state index is -0.493. The fourth-order valence-electron chi connectivity index (χ4n) is 3.48. The molecule has 7 heteroatoms. The van der Waals surface area contributed by atoms with E-state index in [9.17, 15) is 10.1 Å². The molecule has 33 heavy (non-hydrogen) atoms. The van der Waals surface area contributed by atoms with Crippen LogP contribution in [-0.4, -0.2) is 14.8 Å². The Hall–Kier alpha value is -4.47. The van der Waals surface area contributed by atoms with E-state index in [0.29, 0.717) is 33.7 Å². The molecule has 0 spiro atoms. The number of hydrogen-bond acceptors (Lipinski definition) is 5. The summed E-state index contributed by atoms with van der Waals surface area (Å²) >= 11 is 0. The fraction of sp³-hybridized carbons (Fsp3) is 0. The number of rotatable bonds is 4. The molecule has 0 unspecified atom stereocenters. The van der Waals surface area contributed by atoms with Crippen LogP contribution in [0.1, 0.15) is 11.3 Å². The van der Waals surface area contributed by atoms with Crippen molar-refractivity contribution in [2.75, 3.05) is 0 Å². The molecular formula is C26H17ClN4O2. The van der Waals surface area contributed by atoms with Gasteiger partial charge in [-0.3, -0.25) is 4.98 Å². The van der Waals surface area contributed by atoms with Crippen molar-refractivity contribution in [3.8, 4) is 23.0 Å². The van der Waals surface area contributed by atoms with E-state index in [1.54, 1.807) is 47.4 Å². The molecule has 3 aromatic heterocycles. The Morgan fingerprint density at radius 3 is 2.52 bits per heavy atom. The highest BCUT2D eigenvalue weighted by molar-refractivity contribution is 5.92. The molecular weight excluding hydrogens is 436 g/mol. The number of fused-ring (bicyclic) bond motifs is 1. The van der Waals surface area contributed by atoms with E-state index in [4.69, 9.17) is 4.42 Å². The number of aromatic nitrogens is 3. The van der Waals surface area contributed by atoms with Crippen molar-refractivity contribution >= 4 is 35.0 Å². The zero-order valence-corrected chi connectivity index (χ0v) is 18.1. The highest BCUT2D eigenvalue weighted by atomic mass is 35.5. The minimum Gasteiger partial charge on any atom is -0.422 e. The quantitative estimate of drug-likeness (QED) is 0.264. The van der Waals surface area contributed by atoms with Gasteiger partial charge in [-0.2, -0.15) is 10.4 Å². The lowest BCUT2D eigenvalue weighted by molar-refractivity contribution is 0.563. The molecule has 5 aromatic rings. The van der Waals surface area contributed by atoms with Gasteiger partial charge in [0.05, 0.1) is 22.5 Å². The fourth-order valence-corrected chi connectivity index (χ4v) is 3.48. The van der Waals surface area contributed by atoms with E-state index in [1.165, 1.54) is 0 Å². The lowest BCUT2D eigenvalue weighted by Gasteiger charge is -2.02. The lowest BCUT2D eigenvalue weighted by atomic mass is 10.0. The first-order chi connectivity index (χ1) is 15.7. The van der Waals surface area contributed by atoms with Gasteiger partial charge < -0.3 is 4.42 Å². The van der Waals surface area contributed by atoms with Gasteiger partial charge in [-0.1, -0.05) is 42.5 Å². The zero-order chi connectivity index (χ0) is 21.9. The van der Waals surface area contributed by atoms with Gasteiger partial charge in [0.15, 0.2) is 0 Å². The average molecular weight is 453 g/mol. The summed E-state index contributed by atoms with van der Waals surface area (Å²) in [6.45, 7) is 0. The summed E-state index contributed by atoms with van der Waals surface area (Å²) < 4.78 is 7.21. The molecule has 0 N–H and O–H groups in total. The number of nitriles is 1. The van der Waals surface area contributed by atoms with Crippen LogP contribution in [0.2, 0.25) is 0 Å². The molecule has 0 aliphatic carbocycles. The molecule has 0 radical (unpaired) electrons. The van der Waals surface area contributed by atoms with Crippen LogP contribution in [0.3, 0.4) is 0 Å². The predicted molar refractivity (Wildman–Crippen MR) is 130 cm³/mol. The molecule has 5 rings (SSSR count). The molecule has 0 bridgehead atoms. The summed E-state index contributed by atoms with van der Waals surface area (Å²) in [4.78, 5) is 17.1. The molecule has 0 saturated heterocycles. The average Bonchev–Trinajstić information content (AvgIpc) is 3.27. The number of hydrogen-bond donors (Lipinski definition) is 0. The van der Waals surface area contributed by atoms with Crippen molar-refractivity contribution in [3.05, 3.63) is 113 Å². The van der Waals surface area contributed by atoms with E-state index in [1.807, 2.05) is 54.6 Å². The third-order valence-electron chi connectivity index (χ3n) is 5.02. The van der Waals surface area contributed by atoms with Gasteiger partial charge in [0.2, 0.25) is 0 Å². The van der Waals surface area contributed by atoms with Gasteiger partial charge in [-0.25, -0.2) is 9.48 Å². The zero-order valence-electron chi connectivity index (χ0n) is 17.3. The molecule has 160 valence electrons. The Balaban J connectivity index is 0.00000259. The third kappa shape index (κ3) is 4.31. The third-order valence-corrected chi connectivity index (χ3v) is 5.02. The molecule has 0 aliphatic rings. The van der Waals surface area contributed by atoms with Crippen LogP contribution >= 0.6 is 12.4 Å². The standard InChI is InChI=1S/C26H16N4O2.ClH/c27-16-19(23-11-6-7-13-28-23)14-20-17-30(21-9-2-1-3-10-21)29-25(20)22-15-18-8-4-5-12-24(18)32-26(22)31;/h1-15,17H;1H/b19-14-;. The van der Waals surface area contributed by atoms with Gasteiger partial charge in [-0.15, -0.1) is 12.4 Å². The van der Waals surface area contributed by atoms with Crippen LogP contribution < -0.4 is 5.63 Å². The molecule has 3 heterocycles. The second kappa shape index (κ2) is 9.35. The monoisotopic (exact) mass is 452 g/mol. The van der Waals surface area contributed by atoms with Gasteiger partial charge in [-0.05, 0) is 42.5 Å². The number of halogens is 1. The van der Waals surface area contributed by atoms with E-state index < -0.39 is 5.63 Å². The van der Waals surface area contributed by atoms with Crippen LogP contribution in [-0.2, 0) is 0 Å². The summed E-state index contributed by atoms with van der Waals surface area (Å²) in [5, 5.41) is 15.2. The maximum atomic E-state index is 12.8. The SMILES string of the molecule is Cl.N#C/C(=C/c1cn(-c2ccccc2)nc1-c1cc2ccccc2oc1=O)c1ccccn1. The van der Waals surface area contributed by atoms with Gasteiger partial charge >= 0.3 is 5.63 Å². The van der Waals surface area contributed by atoms with Crippen molar-refractivity contribution in [3.63, 3.8) is 0 Å². The molecule has 0 fully saturated rings. The van der Waals surface area contributed by atoms with Crippen molar-refractivity contribution < 1.29 is 4.42 Å². The predicted octanol–water partition coefficient (Wildman–Crippen LogP) is 5.53. The highest BCUT2D eigenvalue weighted by Gasteiger charge is 2.17. The first kappa shape index (κ1) is 21.8. The van der Waals surface area contributed by atoms with Crippen LogP contribution in [0.5, 0.6) is 0 Å². The van der Waals surface area contributed by atoms with Crippen LogP contribution in [0.25, 0.3) is 39.6 Å². The Bertz CT molecular complexity index is 1550. The van der Waals surface area contributed by atoms with Crippen LogP contribution in [0.15, 0.2) is 100 Å². The number of pyridine rings is 1. The van der Waals surface area contributed by atoms with Crippen molar-refractivity contribution in [1.29, 1.82) is 5.26 Å². The minimum absolute atomic E-state index is 0. The Labute approximate surface area is 195 Å². The van der Waals surface area contributed by atoms with E-state index in [0.717, 1.165) is 11.1 Å². The summed E-state index contributed by atoms with van der Waals surface area (Å²) in [5.74, 6) is 0. The van der Waals surface area contributed by atoms with Crippen molar-refractivity contribution in [2.24, 2.45) is 0 Å². The van der Waals surface area contributed by atoms with Crippen molar-refractivity contribution in [2.45, 2.75) is 0 Å². The molecule has 2 aromatic carbocycles. The first-order valence-corrected chi connectivity index (χ1v) is 9.94. The van der Waals surface area contributed by atoms with Gasteiger partial charge in [0.25, 0.3) is 0 Å². The van der Waals surface area contributed by atoms with E-state index >= 15 is 0 Å². The number of benzene rings is 2. The maximum absolute atomic E-state index is 12.8. The molecule has 0 amide bonds. The van der Waals surface area contributed by atoms with Crippen LogP contribution in [0.4, 0.5) is 0 Å². The summed E-state index contributed by atoms with van der Waals surface area (Å²) in [6, 6.07) is 26.2. The summed E-state index contributed by atoms with van der Waals surface area (Å²) in [5.41, 5.74) is 3.11. The summed E-state index contributed by atoms with van der Waals surface area (Å²) in [6.07, 6.45) is 5.12. The Morgan fingerprint density at radius 1 is 1.00 bits per heavy atom. The highest BCUT2D eigenvalue weighted by Crippen LogP contribution is 2.27. The molecule has 0 aliphatic heterocycles. The van der Waals surface area contributed by atoms with Crippen molar-refractivity contribution in [1.82, 2.24) is 14.8 Å². The molecule has 0 saturated carbocycles. The topological polar surface area (TPSA) is 84.7 Å². The number of nitrogens with zero attached hydrogens (tertiary/aromatic N) is 4. The largest absolute Gasteiger partial charge is 0.422 e. The van der Waals surface area contributed by atoms with Gasteiger partial charge in [0, 0.05) is 23.3 Å². The number of para-hydroxylation sites is 2. The number of allylic oxidation sites excluding steroid dienone is 1. The Kier molecular flexibility index (Phi) is 6.16. The smallest absolute Gasteiger partial charge is 0.345 e. The van der Waals surface area contributed by atoms with Crippen LogP contribution in [0, 0.1) is 11.3 Å². The maximum Gasteiger partial charge on any atom is 0.345 e. The summed E-state index contributed by atoms with van der Waals surface area (Å²) in [7, 11) is 0. The normalized spacial score (nSPS) is 11.1. The Morgan fingerprint density at radius 2 is 1.76 bits per heavy atom. The second-order valence-corrected chi connectivity index (χ2v) is 7.08. The second-order valence-electron chi connectivity index (χ2n) is 7.08. The molecule has 0 atom stereocenters. The van der Waals surface area contributed by atoms with E-state index in [-0.39, 0.29) is 12.4 Å². The van der Waals surface area contributed by atoms with E-state index in [2.05, 4.69) is 16.2 Å². The van der Waals surface area contributed by atoms with Gasteiger partial charge in [0.1, 0.15) is 17.3 Å². The lowest BCUT2D eigenvalue weighted by Crippen LogP contribution is -2.04.